The summed E-state index contributed by atoms with van der Waals surface area (Å²) in [4.78, 5) is 4.08. The number of phenols is 1. The van der Waals surface area contributed by atoms with Gasteiger partial charge in [-0.1, -0.05) is 12.1 Å². The Morgan fingerprint density at radius 1 is 1.50 bits per heavy atom. The van der Waals surface area contributed by atoms with E-state index < -0.39 is 0 Å². The van der Waals surface area contributed by atoms with Gasteiger partial charge in [0, 0.05) is 11.8 Å². The summed E-state index contributed by atoms with van der Waals surface area (Å²) < 4.78 is 0. The highest BCUT2D eigenvalue weighted by atomic mass is 16.3. The Hall–Kier alpha value is -1.35. The Morgan fingerprint density at radius 3 is 2.86 bits per heavy atom. The number of aliphatic hydroxyl groups excluding tert-OH is 1. The number of benzene rings is 1. The Bertz CT molecular complexity index is 334. The molecule has 1 aromatic rings. The first kappa shape index (κ1) is 10.7. The van der Waals surface area contributed by atoms with E-state index in [1.54, 1.807) is 12.3 Å². The van der Waals surface area contributed by atoms with Gasteiger partial charge in [0.1, 0.15) is 5.75 Å². The Morgan fingerprint density at radius 2 is 2.21 bits per heavy atom. The maximum Gasteiger partial charge on any atom is 0.127 e. The number of rotatable bonds is 3. The fraction of sp³-hybridized carbons (Fsp3) is 0.364. The summed E-state index contributed by atoms with van der Waals surface area (Å²) >= 11 is 0. The normalized spacial score (nSPS) is 13.4. The number of aromatic hydroxyl groups is 1. The van der Waals surface area contributed by atoms with Crippen molar-refractivity contribution >= 4 is 6.21 Å². The number of aryl methyl sites for hydroxylation is 1. The van der Waals surface area contributed by atoms with Crippen LogP contribution >= 0.6 is 0 Å². The van der Waals surface area contributed by atoms with Crippen molar-refractivity contribution in [2.75, 3.05) is 6.61 Å². The van der Waals surface area contributed by atoms with Gasteiger partial charge in [-0.25, -0.2) is 0 Å². The Balaban J connectivity index is 2.86. The average Bonchev–Trinajstić information content (AvgIpc) is 2.20. The smallest absolute Gasteiger partial charge is 0.127 e. The molecule has 0 saturated heterocycles. The molecule has 1 atom stereocenters. The zero-order valence-corrected chi connectivity index (χ0v) is 8.44. The van der Waals surface area contributed by atoms with Crippen LogP contribution in [0.25, 0.3) is 0 Å². The maximum atomic E-state index is 9.63. The van der Waals surface area contributed by atoms with Crippen molar-refractivity contribution in [2.24, 2.45) is 4.99 Å². The lowest BCUT2D eigenvalue weighted by molar-refractivity contribution is 0.275. The maximum absolute atomic E-state index is 9.63. The van der Waals surface area contributed by atoms with Crippen LogP contribution in [0.4, 0.5) is 0 Å². The van der Waals surface area contributed by atoms with Gasteiger partial charge in [-0.15, -0.1) is 0 Å². The lowest BCUT2D eigenvalue weighted by Crippen LogP contribution is -2.04. The molecular weight excluding hydrogens is 178 g/mol. The molecule has 1 rings (SSSR count). The first-order valence-corrected chi connectivity index (χ1v) is 4.57. The van der Waals surface area contributed by atoms with Crippen molar-refractivity contribution in [1.82, 2.24) is 0 Å². The Labute approximate surface area is 83.7 Å². The summed E-state index contributed by atoms with van der Waals surface area (Å²) in [7, 11) is 0. The molecule has 0 saturated carbocycles. The van der Waals surface area contributed by atoms with E-state index in [1.165, 1.54) is 0 Å². The molecule has 0 aliphatic rings. The number of para-hydroxylation sites is 1. The van der Waals surface area contributed by atoms with Crippen LogP contribution in [0.3, 0.4) is 0 Å². The second-order valence-electron chi connectivity index (χ2n) is 3.32. The lowest BCUT2D eigenvalue weighted by atomic mass is 10.1. The average molecular weight is 193 g/mol. The monoisotopic (exact) mass is 193 g/mol. The second kappa shape index (κ2) is 4.77. The van der Waals surface area contributed by atoms with E-state index in [9.17, 15) is 5.11 Å². The summed E-state index contributed by atoms with van der Waals surface area (Å²) in [6, 6.07) is 5.35. The van der Waals surface area contributed by atoms with Crippen molar-refractivity contribution in [3.05, 3.63) is 29.3 Å². The van der Waals surface area contributed by atoms with Crippen LogP contribution < -0.4 is 0 Å². The van der Waals surface area contributed by atoms with Gasteiger partial charge < -0.3 is 10.2 Å². The van der Waals surface area contributed by atoms with Crippen LogP contribution in [0.15, 0.2) is 23.2 Å². The van der Waals surface area contributed by atoms with E-state index in [1.807, 2.05) is 26.0 Å². The largest absolute Gasteiger partial charge is 0.507 e. The Kier molecular flexibility index (Phi) is 3.65. The topological polar surface area (TPSA) is 52.8 Å². The van der Waals surface area contributed by atoms with Crippen molar-refractivity contribution in [2.45, 2.75) is 19.9 Å². The summed E-state index contributed by atoms with van der Waals surface area (Å²) in [6.45, 7) is 3.66. The molecule has 76 valence electrons. The van der Waals surface area contributed by atoms with Crippen LogP contribution in [0, 0.1) is 6.92 Å². The zero-order chi connectivity index (χ0) is 10.6. The molecule has 0 bridgehead atoms. The molecule has 3 heteroatoms. The van der Waals surface area contributed by atoms with Gasteiger partial charge in [-0.2, -0.15) is 0 Å². The molecule has 0 spiro atoms. The molecule has 3 nitrogen and oxygen atoms in total. The van der Waals surface area contributed by atoms with Crippen molar-refractivity contribution in [3.8, 4) is 5.75 Å². The van der Waals surface area contributed by atoms with E-state index in [0.29, 0.717) is 5.56 Å². The predicted molar refractivity (Wildman–Crippen MR) is 57.0 cm³/mol. The number of hydrogen-bond donors (Lipinski definition) is 2. The van der Waals surface area contributed by atoms with Crippen LogP contribution in [0.1, 0.15) is 18.1 Å². The molecule has 0 aromatic heterocycles. The molecule has 0 radical (unpaired) electrons. The molecule has 0 aliphatic carbocycles. The summed E-state index contributed by atoms with van der Waals surface area (Å²) in [5.74, 6) is 0.251. The third-order valence-corrected chi connectivity index (χ3v) is 2.00. The number of hydrogen-bond acceptors (Lipinski definition) is 3. The predicted octanol–water partition coefficient (Wildman–Crippen LogP) is 1.50. The summed E-state index contributed by atoms with van der Waals surface area (Å²) in [5.41, 5.74) is 1.51. The van der Waals surface area contributed by atoms with Gasteiger partial charge in [0.25, 0.3) is 0 Å². The van der Waals surface area contributed by atoms with Gasteiger partial charge in [0.05, 0.1) is 12.6 Å². The van der Waals surface area contributed by atoms with Crippen LogP contribution in [-0.2, 0) is 0 Å². The minimum atomic E-state index is -0.130. The van der Waals surface area contributed by atoms with E-state index in [-0.39, 0.29) is 18.4 Å². The molecule has 0 heterocycles. The summed E-state index contributed by atoms with van der Waals surface area (Å²) in [6.07, 6.45) is 1.59. The van der Waals surface area contributed by atoms with Gasteiger partial charge >= 0.3 is 0 Å². The first-order valence-electron chi connectivity index (χ1n) is 4.57. The molecule has 14 heavy (non-hydrogen) atoms. The van der Waals surface area contributed by atoms with Crippen molar-refractivity contribution < 1.29 is 10.2 Å². The van der Waals surface area contributed by atoms with Crippen LogP contribution in [0.2, 0.25) is 0 Å². The zero-order valence-electron chi connectivity index (χ0n) is 8.44. The molecule has 0 amide bonds. The highest BCUT2D eigenvalue weighted by molar-refractivity contribution is 5.84. The molecule has 1 unspecified atom stereocenters. The number of aliphatic imine (C=N–C) groups is 1. The molecular formula is C11H15NO2. The number of phenolic OH excluding ortho intramolecular Hbond substituents is 1. The minimum absolute atomic E-state index is 0.0169. The first-order chi connectivity index (χ1) is 6.65. The van der Waals surface area contributed by atoms with Gasteiger partial charge in [0.15, 0.2) is 0 Å². The van der Waals surface area contributed by atoms with E-state index >= 15 is 0 Å². The van der Waals surface area contributed by atoms with Gasteiger partial charge in [-0.3, -0.25) is 4.99 Å². The van der Waals surface area contributed by atoms with Crippen molar-refractivity contribution in [1.29, 1.82) is 0 Å². The van der Waals surface area contributed by atoms with Gasteiger partial charge in [0.2, 0.25) is 0 Å². The minimum Gasteiger partial charge on any atom is -0.507 e. The number of nitrogens with zero attached hydrogens (tertiary/aromatic N) is 1. The third-order valence-electron chi connectivity index (χ3n) is 2.00. The lowest BCUT2D eigenvalue weighted by Gasteiger charge is -2.03. The fourth-order valence-corrected chi connectivity index (χ4v) is 1.04. The van der Waals surface area contributed by atoms with Crippen molar-refractivity contribution in [3.63, 3.8) is 0 Å². The number of aliphatic hydroxyl groups is 1. The highest BCUT2D eigenvalue weighted by Gasteiger charge is 2.01. The SMILES string of the molecule is Cc1cccc(C=NC(C)CO)c1O. The van der Waals surface area contributed by atoms with Crippen LogP contribution in [0.5, 0.6) is 5.75 Å². The van der Waals surface area contributed by atoms with E-state index in [0.717, 1.165) is 5.56 Å². The molecule has 2 N–H and O–H groups in total. The van der Waals surface area contributed by atoms with E-state index in [2.05, 4.69) is 4.99 Å². The highest BCUT2D eigenvalue weighted by Crippen LogP contribution is 2.19. The fourth-order valence-electron chi connectivity index (χ4n) is 1.04. The molecule has 0 fully saturated rings. The quantitative estimate of drug-likeness (QED) is 0.715. The third kappa shape index (κ3) is 2.57. The standard InChI is InChI=1S/C11H15NO2/c1-8-4-3-5-10(11(8)14)6-12-9(2)7-13/h3-6,9,13-14H,7H2,1-2H3. The van der Waals surface area contributed by atoms with Crippen LogP contribution in [-0.4, -0.2) is 29.1 Å². The molecule has 1 aromatic carbocycles. The van der Waals surface area contributed by atoms with Gasteiger partial charge in [-0.05, 0) is 25.5 Å². The summed E-state index contributed by atoms with van der Waals surface area (Å²) in [5, 5.41) is 18.4. The van der Waals surface area contributed by atoms with E-state index in [4.69, 9.17) is 5.11 Å². The second-order valence-corrected chi connectivity index (χ2v) is 3.32. The molecule has 0 aliphatic heterocycles.